The molecule has 3 fully saturated rings. The van der Waals surface area contributed by atoms with E-state index in [2.05, 4.69) is 28.2 Å². The van der Waals surface area contributed by atoms with Crippen molar-refractivity contribution < 1.29 is 9.59 Å². The van der Waals surface area contributed by atoms with Crippen LogP contribution in [0.5, 0.6) is 0 Å². The molecule has 2 aromatic rings. The lowest BCUT2D eigenvalue weighted by atomic mass is 9.89. The monoisotopic (exact) mass is 586 g/mol. The number of halogens is 2. The normalized spacial score (nSPS) is 20.1. The highest BCUT2D eigenvalue weighted by atomic mass is 35.5. The zero-order valence-electron chi connectivity index (χ0n) is 23.3. The number of likely N-dealkylation sites (N-methyl/N-ethyl adjacent to an activating group) is 1. The number of likely N-dealkylation sites (tertiary alicyclic amines) is 2. The molecule has 0 aliphatic carbocycles. The molecule has 0 spiro atoms. The van der Waals surface area contributed by atoms with E-state index in [-0.39, 0.29) is 11.9 Å². The highest BCUT2D eigenvalue weighted by Crippen LogP contribution is 2.30. The number of amides is 3. The van der Waals surface area contributed by atoms with Crippen molar-refractivity contribution in [3.05, 3.63) is 63.4 Å². The third-order valence-electron chi connectivity index (χ3n) is 8.54. The standard InChI is InChI=1S/C30H40Cl2N6O2/c1-35-15-17-36(18-16-35)21-24-5-4-10-33-28(24)22-8-13-37(14-9-22)29(39)27(34-30(40)38-11-2-3-12-38)19-23-6-7-25(31)20-26(23)32/h4-7,10,20,22,27H,2-3,8-9,11-19,21H2,1H3,(H,34,40)/t27-/m1/s1. The number of carbonyl (C=O) groups is 2. The second kappa shape index (κ2) is 13.5. The Morgan fingerprint density at radius 3 is 2.38 bits per heavy atom. The first-order valence-corrected chi connectivity index (χ1v) is 15.3. The molecule has 3 amide bonds. The van der Waals surface area contributed by atoms with Crippen LogP contribution in [0, 0.1) is 0 Å². The van der Waals surface area contributed by atoms with Crippen molar-refractivity contribution in [3.63, 3.8) is 0 Å². The zero-order valence-corrected chi connectivity index (χ0v) is 24.8. The Labute approximate surface area is 247 Å². The number of rotatable bonds is 7. The molecule has 0 unspecified atom stereocenters. The van der Waals surface area contributed by atoms with Gasteiger partial charge in [-0.2, -0.15) is 0 Å². The van der Waals surface area contributed by atoms with Crippen LogP contribution in [0.25, 0.3) is 0 Å². The fourth-order valence-corrected chi connectivity index (χ4v) is 6.55. The van der Waals surface area contributed by atoms with Gasteiger partial charge in [-0.3, -0.25) is 14.7 Å². The molecule has 10 heteroatoms. The van der Waals surface area contributed by atoms with Gasteiger partial charge < -0.3 is 20.0 Å². The van der Waals surface area contributed by atoms with Crippen molar-refractivity contribution in [2.45, 2.75) is 50.6 Å². The third-order valence-corrected chi connectivity index (χ3v) is 9.12. The molecule has 8 nitrogen and oxygen atoms in total. The molecule has 3 saturated heterocycles. The Morgan fingerprint density at radius 1 is 0.950 bits per heavy atom. The molecule has 1 atom stereocenters. The molecule has 3 aliphatic heterocycles. The number of carbonyl (C=O) groups excluding carboxylic acids is 2. The molecule has 4 heterocycles. The maximum atomic E-state index is 13.8. The smallest absolute Gasteiger partial charge is 0.318 e. The minimum atomic E-state index is -0.689. The lowest BCUT2D eigenvalue weighted by molar-refractivity contribution is -0.134. The summed E-state index contributed by atoms with van der Waals surface area (Å²) < 4.78 is 0. The number of hydrogen-bond acceptors (Lipinski definition) is 5. The van der Waals surface area contributed by atoms with Crippen LogP contribution in [0.2, 0.25) is 10.0 Å². The summed E-state index contributed by atoms with van der Waals surface area (Å²) in [7, 11) is 2.17. The molecule has 40 heavy (non-hydrogen) atoms. The fraction of sp³-hybridized carbons (Fsp3) is 0.567. The van der Waals surface area contributed by atoms with E-state index in [0.29, 0.717) is 35.5 Å². The number of aromatic nitrogens is 1. The molecule has 1 aromatic carbocycles. The number of pyridine rings is 1. The van der Waals surface area contributed by atoms with E-state index in [1.165, 1.54) is 11.3 Å². The summed E-state index contributed by atoms with van der Waals surface area (Å²) in [6.07, 6.45) is 5.91. The Bertz CT molecular complexity index is 1170. The van der Waals surface area contributed by atoms with E-state index in [1.54, 1.807) is 17.0 Å². The molecule has 1 aromatic heterocycles. The highest BCUT2D eigenvalue weighted by molar-refractivity contribution is 6.35. The van der Waals surface area contributed by atoms with Crippen molar-refractivity contribution in [3.8, 4) is 0 Å². The van der Waals surface area contributed by atoms with Crippen LogP contribution in [0.3, 0.4) is 0 Å². The van der Waals surface area contributed by atoms with Gasteiger partial charge in [0.2, 0.25) is 5.91 Å². The summed E-state index contributed by atoms with van der Waals surface area (Å²) in [5, 5.41) is 4.07. The summed E-state index contributed by atoms with van der Waals surface area (Å²) in [6, 6.07) is 8.65. The first-order chi connectivity index (χ1) is 19.4. The summed E-state index contributed by atoms with van der Waals surface area (Å²) >= 11 is 12.6. The number of hydrogen-bond donors (Lipinski definition) is 1. The molecule has 3 aliphatic rings. The molecule has 0 bridgehead atoms. The molecular weight excluding hydrogens is 547 g/mol. The van der Waals surface area contributed by atoms with Crippen LogP contribution in [0.1, 0.15) is 48.4 Å². The van der Waals surface area contributed by atoms with Crippen LogP contribution in [0.4, 0.5) is 4.79 Å². The average molecular weight is 588 g/mol. The van der Waals surface area contributed by atoms with Gasteiger partial charge in [0.1, 0.15) is 6.04 Å². The Hall–Kier alpha value is -2.39. The topological polar surface area (TPSA) is 72.0 Å². The van der Waals surface area contributed by atoms with Crippen molar-refractivity contribution >= 4 is 35.1 Å². The molecule has 0 saturated carbocycles. The van der Waals surface area contributed by atoms with Gasteiger partial charge >= 0.3 is 6.03 Å². The largest absolute Gasteiger partial charge is 0.341 e. The second-order valence-corrected chi connectivity index (χ2v) is 12.2. The maximum Gasteiger partial charge on any atom is 0.318 e. The van der Waals surface area contributed by atoms with Gasteiger partial charge in [0.25, 0.3) is 0 Å². The molecule has 216 valence electrons. The van der Waals surface area contributed by atoms with Crippen LogP contribution < -0.4 is 5.32 Å². The van der Waals surface area contributed by atoms with E-state index < -0.39 is 6.04 Å². The van der Waals surface area contributed by atoms with Crippen molar-refractivity contribution in [1.29, 1.82) is 0 Å². The first kappa shape index (κ1) is 29.1. The van der Waals surface area contributed by atoms with E-state index in [4.69, 9.17) is 28.2 Å². The lowest BCUT2D eigenvalue weighted by Crippen LogP contribution is -2.54. The van der Waals surface area contributed by atoms with Gasteiger partial charge in [-0.1, -0.05) is 35.3 Å². The molecule has 5 rings (SSSR count). The molecule has 0 radical (unpaired) electrons. The van der Waals surface area contributed by atoms with Crippen molar-refractivity contribution in [2.24, 2.45) is 0 Å². The SMILES string of the molecule is CN1CCN(Cc2cccnc2C2CCN(C(=O)[C@@H](Cc3ccc(Cl)cc3Cl)NC(=O)N3CCCC3)CC2)CC1. The van der Waals surface area contributed by atoms with Gasteiger partial charge in [0, 0.05) is 93.2 Å². The van der Waals surface area contributed by atoms with Crippen LogP contribution >= 0.6 is 23.2 Å². The third kappa shape index (κ3) is 7.27. The fourth-order valence-electron chi connectivity index (χ4n) is 6.06. The second-order valence-electron chi connectivity index (χ2n) is 11.4. The molecular formula is C30H40Cl2N6O2. The summed E-state index contributed by atoms with van der Waals surface area (Å²) in [5.41, 5.74) is 3.26. The number of piperidine rings is 1. The summed E-state index contributed by atoms with van der Waals surface area (Å²) in [4.78, 5) is 40.2. The Kier molecular flexibility index (Phi) is 9.84. The Morgan fingerprint density at radius 2 is 1.68 bits per heavy atom. The lowest BCUT2D eigenvalue weighted by Gasteiger charge is -2.36. The number of urea groups is 1. The Balaban J connectivity index is 1.24. The number of nitrogens with one attached hydrogen (secondary N) is 1. The minimum Gasteiger partial charge on any atom is -0.341 e. The van der Waals surface area contributed by atoms with Crippen LogP contribution in [-0.4, -0.2) is 102 Å². The zero-order chi connectivity index (χ0) is 28.1. The van der Waals surface area contributed by atoms with E-state index in [9.17, 15) is 9.59 Å². The quantitative estimate of drug-likeness (QED) is 0.525. The molecule has 1 N–H and O–H groups in total. The highest BCUT2D eigenvalue weighted by Gasteiger charge is 2.33. The number of nitrogens with zero attached hydrogens (tertiary/aromatic N) is 5. The van der Waals surface area contributed by atoms with Crippen LogP contribution in [0.15, 0.2) is 36.5 Å². The van der Waals surface area contributed by atoms with Crippen molar-refractivity contribution in [2.75, 3.05) is 59.4 Å². The summed E-state index contributed by atoms with van der Waals surface area (Å²) in [6.45, 7) is 7.96. The van der Waals surface area contributed by atoms with Gasteiger partial charge in [0.15, 0.2) is 0 Å². The first-order valence-electron chi connectivity index (χ1n) is 14.5. The van der Waals surface area contributed by atoms with Gasteiger partial charge in [0.05, 0.1) is 0 Å². The minimum absolute atomic E-state index is 0.0595. The average Bonchev–Trinajstić information content (AvgIpc) is 3.51. The summed E-state index contributed by atoms with van der Waals surface area (Å²) in [5.74, 6) is 0.256. The van der Waals surface area contributed by atoms with Crippen LogP contribution in [-0.2, 0) is 17.8 Å². The number of benzene rings is 1. The van der Waals surface area contributed by atoms with E-state index in [1.807, 2.05) is 23.2 Å². The van der Waals surface area contributed by atoms with Gasteiger partial charge in [-0.25, -0.2) is 4.79 Å². The van der Waals surface area contributed by atoms with Gasteiger partial charge in [-0.15, -0.1) is 0 Å². The van der Waals surface area contributed by atoms with Crippen molar-refractivity contribution in [1.82, 2.24) is 29.9 Å². The van der Waals surface area contributed by atoms with Gasteiger partial charge in [-0.05, 0) is 62.1 Å². The van der Waals surface area contributed by atoms with E-state index in [0.717, 1.165) is 77.1 Å². The number of piperazine rings is 1. The predicted octanol–water partition coefficient (Wildman–Crippen LogP) is 4.26. The maximum absolute atomic E-state index is 13.8. The predicted molar refractivity (Wildman–Crippen MR) is 159 cm³/mol. The van der Waals surface area contributed by atoms with E-state index >= 15 is 0 Å².